The van der Waals surface area contributed by atoms with E-state index in [2.05, 4.69) is 35.3 Å². The standard InChI is InChI=1S/C3H15B3N3/c1-7-4-8(2)6-9(3)5-7/h4-6H2,1-3H3. The van der Waals surface area contributed by atoms with Crippen LogP contribution < -0.4 is 14.2 Å². The second-order valence-corrected chi connectivity index (χ2v) is 4.62. The normalized spacial score (nSPS) is 27.0. The van der Waals surface area contributed by atoms with E-state index in [0.717, 1.165) is 0 Å². The molecule has 9 heavy (non-hydrogen) atoms. The third-order valence-corrected chi connectivity index (χ3v) is 2.40. The van der Waals surface area contributed by atoms with E-state index in [0.29, 0.717) is 0 Å². The molecule has 51 valence electrons. The Labute approximate surface area is 58.8 Å². The van der Waals surface area contributed by atoms with E-state index in [9.17, 15) is 0 Å². The fourth-order valence-electron chi connectivity index (χ4n) is 2.67. The van der Waals surface area contributed by atoms with Gasteiger partial charge in [0.25, 0.3) is 0 Å². The van der Waals surface area contributed by atoms with Gasteiger partial charge in [-0.3, -0.25) is 0 Å². The van der Waals surface area contributed by atoms with Crippen LogP contribution in [-0.2, 0) is 0 Å². The van der Waals surface area contributed by atoms with Crippen molar-refractivity contribution in [3.05, 3.63) is 0 Å². The smallest absolute Gasteiger partial charge is 0.381 e. The fourth-order valence-corrected chi connectivity index (χ4v) is 2.67. The van der Waals surface area contributed by atoms with Crippen LogP contribution in [-0.4, -0.2) is 43.8 Å². The van der Waals surface area contributed by atoms with Crippen LogP contribution in [0.3, 0.4) is 0 Å². The van der Waals surface area contributed by atoms with Crippen molar-refractivity contribution in [1.29, 1.82) is 0 Å². The Morgan fingerprint density at radius 3 is 1.11 bits per heavy atom. The summed E-state index contributed by atoms with van der Waals surface area (Å²) in [7, 11) is 7.31. The van der Waals surface area contributed by atoms with Crippen molar-refractivity contribution in [2.24, 2.45) is 0 Å². The zero-order valence-corrected chi connectivity index (χ0v) is 7.34. The molecular formula is C3H15B3N3. The van der Waals surface area contributed by atoms with Crippen molar-refractivity contribution in [2.75, 3.05) is 21.1 Å². The topological polar surface area (TPSA) is 17.7 Å². The molecule has 6 heteroatoms. The van der Waals surface area contributed by atoms with Crippen molar-refractivity contribution < 1.29 is 0 Å². The van der Waals surface area contributed by atoms with E-state index >= 15 is 0 Å². The predicted octanol–water partition coefficient (Wildman–Crippen LogP) is -3.69. The van der Waals surface area contributed by atoms with Crippen LogP contribution in [0.2, 0.25) is 0 Å². The molecule has 0 amide bonds. The lowest BCUT2D eigenvalue weighted by molar-refractivity contribution is 0.811. The highest BCUT2D eigenvalue weighted by Gasteiger charge is 2.18. The highest BCUT2D eigenvalue weighted by Crippen LogP contribution is 1.83. The maximum absolute atomic E-state index is 2.56. The Bertz CT molecular complexity index is 75.3. The van der Waals surface area contributed by atoms with Crippen LogP contribution in [0.5, 0.6) is 0 Å². The Morgan fingerprint density at radius 1 is 0.667 bits per heavy atom. The van der Waals surface area contributed by atoms with Gasteiger partial charge in [-0.2, -0.15) is 0 Å². The summed E-state index contributed by atoms with van der Waals surface area (Å²) in [5, 5.41) is 0. The molecule has 0 unspecified atom stereocenters. The minimum atomic E-state index is 0.175. The molecule has 3 nitrogen and oxygen atoms in total. The molecule has 0 spiro atoms. The summed E-state index contributed by atoms with van der Waals surface area (Å²) in [5.74, 6) is 0. The highest BCUT2D eigenvalue weighted by molar-refractivity contribution is 6.69. The number of rotatable bonds is 0. The van der Waals surface area contributed by atoms with Gasteiger partial charge in [-0.15, -0.1) is 0 Å². The zero-order chi connectivity index (χ0) is 6.85. The number of nitrogens with zero attached hydrogens (tertiary/aromatic N) is 3. The van der Waals surface area contributed by atoms with Crippen molar-refractivity contribution in [2.45, 2.75) is 0 Å². The molecule has 1 rings (SSSR count). The zero-order valence-electron chi connectivity index (χ0n) is 7.34. The largest absolute Gasteiger partial charge is 0.521 e. The molecule has 0 saturated carbocycles. The van der Waals surface area contributed by atoms with Gasteiger partial charge in [0.05, 0.1) is 0 Å². The minimum Gasteiger partial charge on any atom is -0.521 e. The first kappa shape index (κ1) is 7.19. The molecule has 0 aromatic carbocycles. The van der Waals surface area contributed by atoms with E-state index in [1.165, 1.54) is 0 Å². The summed E-state index contributed by atoms with van der Waals surface area (Å²) in [6, 6.07) is 0. The molecule has 0 aliphatic carbocycles. The summed E-state index contributed by atoms with van der Waals surface area (Å²) >= 11 is 0. The Hall–Kier alpha value is 0.0748. The van der Waals surface area contributed by atoms with Crippen molar-refractivity contribution in [1.82, 2.24) is 14.2 Å². The molecule has 0 aromatic heterocycles. The van der Waals surface area contributed by atoms with E-state index in [-0.39, 0.29) is 22.6 Å². The predicted molar refractivity (Wildman–Crippen MR) is 49.8 cm³/mol. The van der Waals surface area contributed by atoms with Crippen molar-refractivity contribution in [3.8, 4) is 0 Å². The first-order valence-corrected chi connectivity index (χ1v) is 4.02. The molecule has 0 N–H and O–H groups in total. The summed E-state index contributed by atoms with van der Waals surface area (Å²) in [6.07, 6.45) is 0. The van der Waals surface area contributed by atoms with E-state index in [1.54, 1.807) is 0 Å². The average molecular weight is 126 g/mol. The molecule has 1 saturated heterocycles. The van der Waals surface area contributed by atoms with Gasteiger partial charge in [0, 0.05) is 21.1 Å². The Balaban J connectivity index is 2.34. The van der Waals surface area contributed by atoms with Gasteiger partial charge >= 0.3 is 22.6 Å². The Morgan fingerprint density at radius 2 is 0.889 bits per heavy atom. The molecule has 1 heterocycles. The van der Waals surface area contributed by atoms with E-state index < -0.39 is 0 Å². The lowest BCUT2D eigenvalue weighted by Crippen LogP contribution is -2.65. The molecule has 0 bridgehead atoms. The second-order valence-electron chi connectivity index (χ2n) is 4.62. The van der Waals surface area contributed by atoms with Crippen LogP contribution >= 0.6 is 0 Å². The molecule has 0 aromatic rings. The van der Waals surface area contributed by atoms with E-state index in [1.807, 2.05) is 0 Å². The summed E-state index contributed by atoms with van der Waals surface area (Å²) in [4.78, 5) is 0. The minimum absolute atomic E-state index is 0.175. The van der Waals surface area contributed by atoms with Crippen LogP contribution in [0.1, 0.15) is 0 Å². The van der Waals surface area contributed by atoms with Gasteiger partial charge in [-0.25, -0.2) is 0 Å². The SMILES string of the molecule is C[N+]1[BH2-][N+](C)[BH2-][N+](C)[BH2-]1. The van der Waals surface area contributed by atoms with E-state index in [4.69, 9.17) is 0 Å². The van der Waals surface area contributed by atoms with Crippen molar-refractivity contribution in [3.63, 3.8) is 0 Å². The Kier molecular flexibility index (Phi) is 2.21. The molecular weight excluding hydrogens is 110 g/mol. The molecule has 0 atom stereocenters. The van der Waals surface area contributed by atoms with Gasteiger partial charge in [-0.1, -0.05) is 0 Å². The monoisotopic (exact) mass is 126 g/mol. The average Bonchev–Trinajstić information content (AvgIpc) is 1.59. The third-order valence-electron chi connectivity index (χ3n) is 2.40. The molecule has 1 aliphatic rings. The number of hydrogen-bond donors (Lipinski definition) is 0. The highest BCUT2D eigenvalue weighted by atomic mass is 15.2. The third kappa shape index (κ3) is 2.04. The van der Waals surface area contributed by atoms with Gasteiger partial charge in [0.1, 0.15) is 0 Å². The van der Waals surface area contributed by atoms with Crippen LogP contribution in [0.4, 0.5) is 0 Å². The number of hydrogen-bond acceptors (Lipinski definition) is 3. The summed E-state index contributed by atoms with van der Waals surface area (Å²) in [6.45, 7) is 0. The van der Waals surface area contributed by atoms with Crippen LogP contribution in [0.15, 0.2) is 0 Å². The van der Waals surface area contributed by atoms with Gasteiger partial charge in [0.2, 0.25) is 0 Å². The summed E-state index contributed by atoms with van der Waals surface area (Å²) in [5.41, 5.74) is 0. The quantitative estimate of drug-likeness (QED) is 0.297. The second kappa shape index (κ2) is 2.77. The van der Waals surface area contributed by atoms with Crippen LogP contribution in [0, 0.1) is 0 Å². The maximum Gasteiger partial charge on any atom is 0.381 e. The summed E-state index contributed by atoms with van der Waals surface area (Å²) < 4.78 is 7.69. The molecule has 3 radical (unpaired) electrons. The van der Waals surface area contributed by atoms with Gasteiger partial charge in [0.15, 0.2) is 0 Å². The lowest BCUT2D eigenvalue weighted by Gasteiger charge is -2.38. The van der Waals surface area contributed by atoms with Crippen LogP contribution in [0.25, 0.3) is 0 Å². The van der Waals surface area contributed by atoms with Gasteiger partial charge < -0.3 is 14.2 Å². The first-order chi connectivity index (χ1) is 4.18. The van der Waals surface area contributed by atoms with Crippen molar-refractivity contribution >= 4 is 22.6 Å². The molecule has 1 fully saturated rings. The molecule has 1 aliphatic heterocycles. The van der Waals surface area contributed by atoms with Gasteiger partial charge in [-0.05, 0) is 0 Å². The maximum atomic E-state index is 2.56. The first-order valence-electron chi connectivity index (χ1n) is 4.02. The lowest BCUT2D eigenvalue weighted by atomic mass is 9.76. The fraction of sp³-hybridized carbons (Fsp3) is 1.00.